The fourth-order valence-electron chi connectivity index (χ4n) is 2.11. The molecule has 0 aliphatic heterocycles. The Morgan fingerprint density at radius 2 is 1.65 bits per heavy atom. The van der Waals surface area contributed by atoms with E-state index in [1.165, 1.54) is 5.56 Å². The molecule has 0 aliphatic rings. The number of carbonyl (C=O) groups is 1. The Morgan fingerprint density at radius 1 is 1.05 bits per heavy atom. The van der Waals surface area contributed by atoms with Crippen LogP contribution in [-0.4, -0.2) is 11.9 Å². The van der Waals surface area contributed by atoms with Crippen LogP contribution < -0.4 is 5.32 Å². The molecule has 1 atom stereocenters. The maximum atomic E-state index is 12.2. The van der Waals surface area contributed by atoms with Gasteiger partial charge in [-0.1, -0.05) is 60.7 Å². The maximum absolute atomic E-state index is 12.2. The van der Waals surface area contributed by atoms with E-state index in [4.69, 9.17) is 0 Å². The summed E-state index contributed by atoms with van der Waals surface area (Å²) < 4.78 is 0. The van der Waals surface area contributed by atoms with Crippen molar-refractivity contribution in [1.29, 1.82) is 0 Å². The summed E-state index contributed by atoms with van der Waals surface area (Å²) in [7, 11) is 0. The van der Waals surface area contributed by atoms with Crippen molar-refractivity contribution in [3.63, 3.8) is 0 Å². The minimum atomic E-state index is -0.0374. The minimum absolute atomic E-state index is 0.00936. The van der Waals surface area contributed by atoms with Crippen LogP contribution in [0.15, 0.2) is 72.8 Å². The van der Waals surface area contributed by atoms with Gasteiger partial charge >= 0.3 is 0 Å². The normalized spacial score (nSPS) is 12.2. The molecule has 2 aromatic carbocycles. The quantitative estimate of drug-likeness (QED) is 0.822. The van der Waals surface area contributed by atoms with Gasteiger partial charge in [-0.2, -0.15) is 0 Å². The second-order valence-electron chi connectivity index (χ2n) is 4.66. The van der Waals surface area contributed by atoms with Gasteiger partial charge in [0.15, 0.2) is 0 Å². The first kappa shape index (κ1) is 14.1. The number of hydrogen-bond donors (Lipinski definition) is 1. The van der Waals surface area contributed by atoms with Crippen molar-refractivity contribution in [3.8, 4) is 0 Å². The van der Waals surface area contributed by atoms with Crippen molar-refractivity contribution >= 4 is 5.91 Å². The van der Waals surface area contributed by atoms with E-state index in [-0.39, 0.29) is 11.9 Å². The van der Waals surface area contributed by atoms with Gasteiger partial charge < -0.3 is 5.32 Å². The summed E-state index contributed by atoms with van der Waals surface area (Å²) in [4.78, 5) is 12.2. The molecule has 0 bridgehead atoms. The van der Waals surface area contributed by atoms with Crippen LogP contribution in [-0.2, 0) is 6.42 Å². The molecule has 2 rings (SSSR count). The highest BCUT2D eigenvalue weighted by Gasteiger charge is 2.11. The number of amides is 1. The topological polar surface area (TPSA) is 29.1 Å². The van der Waals surface area contributed by atoms with E-state index in [1.54, 1.807) is 0 Å². The van der Waals surface area contributed by atoms with Crippen LogP contribution in [0.25, 0.3) is 0 Å². The van der Waals surface area contributed by atoms with Gasteiger partial charge in [0.05, 0.1) is 6.04 Å². The molecule has 20 heavy (non-hydrogen) atoms. The van der Waals surface area contributed by atoms with E-state index in [0.717, 1.165) is 6.42 Å². The third kappa shape index (κ3) is 4.09. The molecule has 2 heteroatoms. The molecule has 0 radical (unpaired) electrons. The van der Waals surface area contributed by atoms with Gasteiger partial charge in [-0.3, -0.25) is 4.79 Å². The summed E-state index contributed by atoms with van der Waals surface area (Å²) in [5.41, 5.74) is 1.90. The van der Waals surface area contributed by atoms with Crippen molar-refractivity contribution in [1.82, 2.24) is 5.32 Å². The van der Waals surface area contributed by atoms with Crippen LogP contribution in [0.2, 0.25) is 0 Å². The van der Waals surface area contributed by atoms with E-state index >= 15 is 0 Å². The summed E-state index contributed by atoms with van der Waals surface area (Å²) in [5, 5.41) is 3.06. The molecule has 0 saturated carbocycles. The molecule has 0 heterocycles. The Kier molecular flexibility index (Phi) is 5.13. The van der Waals surface area contributed by atoms with Gasteiger partial charge in [-0.05, 0) is 31.0 Å². The largest absolute Gasteiger partial charge is 0.346 e. The van der Waals surface area contributed by atoms with Crippen molar-refractivity contribution in [3.05, 3.63) is 83.9 Å². The van der Waals surface area contributed by atoms with Crippen LogP contribution in [0.4, 0.5) is 0 Å². The van der Waals surface area contributed by atoms with Gasteiger partial charge in [0.2, 0.25) is 0 Å². The zero-order chi connectivity index (χ0) is 14.2. The number of rotatable bonds is 5. The summed E-state index contributed by atoms with van der Waals surface area (Å²) in [6, 6.07) is 19.5. The minimum Gasteiger partial charge on any atom is -0.346 e. The lowest BCUT2D eigenvalue weighted by molar-refractivity contribution is 0.0944. The van der Waals surface area contributed by atoms with E-state index in [2.05, 4.69) is 17.4 Å². The number of carbonyl (C=O) groups excluding carboxylic acids is 1. The Balaban J connectivity index is 2.04. The fraction of sp³-hybridized carbons (Fsp3) is 0.167. The zero-order valence-corrected chi connectivity index (χ0v) is 11.6. The lowest BCUT2D eigenvalue weighted by atomic mass is 10.0. The molecule has 1 amide bonds. The van der Waals surface area contributed by atoms with Gasteiger partial charge in [0.25, 0.3) is 5.91 Å². The van der Waals surface area contributed by atoms with Crippen molar-refractivity contribution in [2.24, 2.45) is 0 Å². The molecule has 1 unspecified atom stereocenters. The Morgan fingerprint density at radius 3 is 2.25 bits per heavy atom. The van der Waals surface area contributed by atoms with E-state index < -0.39 is 0 Å². The summed E-state index contributed by atoms with van der Waals surface area (Å²) in [6.07, 6.45) is 4.79. The molecular weight excluding hydrogens is 246 g/mol. The van der Waals surface area contributed by atoms with E-state index in [1.807, 2.05) is 67.6 Å². The van der Waals surface area contributed by atoms with Gasteiger partial charge in [-0.25, -0.2) is 0 Å². The molecular formula is C18H19NO. The van der Waals surface area contributed by atoms with Crippen molar-refractivity contribution < 1.29 is 4.79 Å². The lowest BCUT2D eigenvalue weighted by Crippen LogP contribution is -2.35. The molecule has 0 saturated heterocycles. The van der Waals surface area contributed by atoms with Gasteiger partial charge in [0.1, 0.15) is 0 Å². The van der Waals surface area contributed by atoms with Crippen LogP contribution in [0.3, 0.4) is 0 Å². The van der Waals surface area contributed by atoms with Crippen LogP contribution >= 0.6 is 0 Å². The molecule has 2 aromatic rings. The maximum Gasteiger partial charge on any atom is 0.251 e. The molecule has 102 valence electrons. The van der Waals surface area contributed by atoms with Crippen LogP contribution in [0.1, 0.15) is 22.8 Å². The second-order valence-corrected chi connectivity index (χ2v) is 4.66. The summed E-state index contributed by atoms with van der Waals surface area (Å²) in [5.74, 6) is -0.0374. The fourth-order valence-corrected chi connectivity index (χ4v) is 2.11. The highest BCUT2D eigenvalue weighted by molar-refractivity contribution is 5.94. The molecule has 0 spiro atoms. The zero-order valence-electron chi connectivity index (χ0n) is 11.6. The summed E-state index contributed by atoms with van der Waals surface area (Å²) >= 11 is 0. The average molecular weight is 265 g/mol. The highest BCUT2D eigenvalue weighted by Crippen LogP contribution is 2.06. The van der Waals surface area contributed by atoms with Gasteiger partial charge in [0, 0.05) is 5.56 Å². The van der Waals surface area contributed by atoms with Crippen LogP contribution in [0.5, 0.6) is 0 Å². The third-order valence-electron chi connectivity index (χ3n) is 3.08. The standard InChI is InChI=1S/C18H19NO/c1-2-9-17(14-15-10-5-3-6-11-15)19-18(20)16-12-7-4-8-13-16/h2-13,17H,14H2,1H3,(H,19,20)/b9-2-. The Bertz CT molecular complexity index is 560. The molecule has 0 aromatic heterocycles. The average Bonchev–Trinajstić information content (AvgIpc) is 2.49. The van der Waals surface area contributed by atoms with E-state index in [0.29, 0.717) is 5.56 Å². The van der Waals surface area contributed by atoms with Gasteiger partial charge in [-0.15, -0.1) is 0 Å². The highest BCUT2D eigenvalue weighted by atomic mass is 16.1. The molecule has 1 N–H and O–H groups in total. The molecule has 0 aliphatic carbocycles. The smallest absolute Gasteiger partial charge is 0.251 e. The monoisotopic (exact) mass is 265 g/mol. The molecule has 2 nitrogen and oxygen atoms in total. The predicted molar refractivity (Wildman–Crippen MR) is 82.7 cm³/mol. The second kappa shape index (κ2) is 7.29. The lowest BCUT2D eigenvalue weighted by Gasteiger charge is -2.15. The predicted octanol–water partition coefficient (Wildman–Crippen LogP) is 3.60. The van der Waals surface area contributed by atoms with Crippen LogP contribution in [0, 0.1) is 0 Å². The van der Waals surface area contributed by atoms with Crippen molar-refractivity contribution in [2.45, 2.75) is 19.4 Å². The number of nitrogens with one attached hydrogen (secondary N) is 1. The van der Waals surface area contributed by atoms with Crippen molar-refractivity contribution in [2.75, 3.05) is 0 Å². The molecule has 0 fully saturated rings. The first-order valence-electron chi connectivity index (χ1n) is 6.82. The SMILES string of the molecule is C/C=C\C(Cc1ccccc1)NC(=O)c1ccccc1. The number of allylic oxidation sites excluding steroid dienone is 1. The first-order chi connectivity index (χ1) is 9.79. The Labute approximate surface area is 120 Å². The third-order valence-corrected chi connectivity index (χ3v) is 3.08. The number of benzene rings is 2. The number of hydrogen-bond acceptors (Lipinski definition) is 1. The summed E-state index contributed by atoms with van der Waals surface area (Å²) in [6.45, 7) is 1.96. The Hall–Kier alpha value is -2.35. The first-order valence-corrected chi connectivity index (χ1v) is 6.82. The van der Waals surface area contributed by atoms with E-state index in [9.17, 15) is 4.79 Å².